The van der Waals surface area contributed by atoms with E-state index < -0.39 is 11.8 Å². The number of β-lactam (4-membered cyclic amide) rings is 1. The monoisotopic (exact) mass is 552 g/mol. The van der Waals surface area contributed by atoms with E-state index in [2.05, 4.69) is 41.1 Å². The molecule has 0 saturated carbocycles. The Morgan fingerprint density at radius 3 is 3.06 bits per heavy atom. The van der Waals surface area contributed by atoms with Crippen LogP contribution < -0.4 is 11.1 Å². The third-order valence-electron chi connectivity index (χ3n) is 5.29. The van der Waals surface area contributed by atoms with Gasteiger partial charge in [0.15, 0.2) is 10.8 Å². The second kappa shape index (κ2) is 10.5. The van der Waals surface area contributed by atoms with Gasteiger partial charge in [-0.1, -0.05) is 28.7 Å². The fraction of sp³-hybridized carbons (Fsp3) is 0.444. The third-order valence-corrected chi connectivity index (χ3v) is 9.70. The molecule has 5 heterocycles. The number of hydrogen-bond acceptors (Lipinski definition) is 14. The quantitative estimate of drug-likeness (QED) is 0.236. The lowest BCUT2D eigenvalue weighted by molar-refractivity contribution is -0.144. The topological polar surface area (TPSA) is 177 Å². The van der Waals surface area contributed by atoms with Crippen molar-refractivity contribution in [3.05, 3.63) is 22.5 Å². The Kier molecular flexibility index (Phi) is 7.26. The lowest BCUT2D eigenvalue weighted by Crippen LogP contribution is -2.63. The number of aromatic amines is 1. The number of thioether (sulfide) groups is 3. The summed E-state index contributed by atoms with van der Waals surface area (Å²) in [7, 11) is 1.34. The first-order valence-electron chi connectivity index (χ1n) is 10.4. The molecule has 0 aliphatic carbocycles. The molecule has 1 fully saturated rings. The van der Waals surface area contributed by atoms with E-state index in [1.54, 1.807) is 45.6 Å². The van der Waals surface area contributed by atoms with Crippen LogP contribution in [-0.4, -0.2) is 95.2 Å². The number of fused-ring (bicyclic) bond motifs is 1. The van der Waals surface area contributed by atoms with Crippen LogP contribution in [0, 0.1) is 5.92 Å². The molecule has 2 amide bonds. The van der Waals surface area contributed by atoms with Crippen molar-refractivity contribution >= 4 is 79.4 Å². The summed E-state index contributed by atoms with van der Waals surface area (Å²) in [4.78, 5) is 41.1. The smallest absolute Gasteiger partial charge is 0.275 e. The highest BCUT2D eigenvalue weighted by Crippen LogP contribution is 2.46. The van der Waals surface area contributed by atoms with E-state index in [0.29, 0.717) is 33.9 Å². The molecule has 5 rings (SSSR count). The van der Waals surface area contributed by atoms with Gasteiger partial charge in [-0.3, -0.25) is 19.5 Å². The average molecular weight is 553 g/mol. The number of carbonyl (C=O) groups is 2. The molecule has 2 aromatic rings. The highest BCUT2D eigenvalue weighted by Gasteiger charge is 2.52. The summed E-state index contributed by atoms with van der Waals surface area (Å²) in [5, 5.41) is 22.8. The van der Waals surface area contributed by atoms with Crippen molar-refractivity contribution in [3.8, 4) is 0 Å². The Balaban J connectivity index is 1.28. The van der Waals surface area contributed by atoms with E-state index >= 15 is 0 Å². The Labute approximate surface area is 216 Å². The van der Waals surface area contributed by atoms with E-state index in [1.165, 1.54) is 18.4 Å². The highest BCUT2D eigenvalue weighted by molar-refractivity contribution is 8.39. The maximum Gasteiger partial charge on any atom is 0.275 e. The maximum atomic E-state index is 13.2. The van der Waals surface area contributed by atoms with Crippen LogP contribution >= 0.6 is 46.6 Å². The number of nitrogens with two attached hydrogens (primary N) is 1. The summed E-state index contributed by atoms with van der Waals surface area (Å²) in [6, 6.07) is 0. The SMILES string of the molecule is CO/N=C(\C(=O)NC[C@@H]1C(=O)N2C(c3nn[nH]n3)=C(CSC3=NCCS3)CS[C@H]12)c1csc(N)n1. The van der Waals surface area contributed by atoms with Gasteiger partial charge in [0.05, 0.1) is 23.5 Å². The summed E-state index contributed by atoms with van der Waals surface area (Å²) in [5.41, 5.74) is 7.73. The largest absolute Gasteiger partial charge is 0.398 e. The molecule has 17 heteroatoms. The van der Waals surface area contributed by atoms with E-state index in [-0.39, 0.29) is 23.5 Å². The molecule has 1 saturated heterocycles. The number of nitrogen functional groups attached to an aromatic ring is 1. The fourth-order valence-corrected chi connectivity index (χ4v) is 7.84. The minimum Gasteiger partial charge on any atom is -0.398 e. The number of aliphatic imine (C=N–C) groups is 1. The van der Waals surface area contributed by atoms with E-state index in [9.17, 15) is 9.59 Å². The van der Waals surface area contributed by atoms with Crippen molar-refractivity contribution in [1.82, 2.24) is 35.8 Å². The van der Waals surface area contributed by atoms with Gasteiger partial charge < -0.3 is 15.9 Å². The Bertz CT molecular complexity index is 1210. The molecule has 13 nitrogen and oxygen atoms in total. The lowest BCUT2D eigenvalue weighted by atomic mass is 9.95. The Morgan fingerprint density at radius 1 is 1.49 bits per heavy atom. The molecular formula is C18H20N10O3S4. The second-order valence-corrected chi connectivity index (χ2v) is 11.7. The zero-order chi connectivity index (χ0) is 24.4. The van der Waals surface area contributed by atoms with Crippen molar-refractivity contribution in [2.45, 2.75) is 5.37 Å². The third kappa shape index (κ3) is 4.89. The van der Waals surface area contributed by atoms with E-state index in [4.69, 9.17) is 10.6 Å². The van der Waals surface area contributed by atoms with Crippen LogP contribution in [0.1, 0.15) is 11.5 Å². The first-order chi connectivity index (χ1) is 17.1. The number of aromatic nitrogens is 5. The number of thiazole rings is 1. The van der Waals surface area contributed by atoms with Gasteiger partial charge in [-0.05, 0) is 10.8 Å². The number of hydrogen-bond donors (Lipinski definition) is 3. The van der Waals surface area contributed by atoms with Crippen LogP contribution in [0.4, 0.5) is 5.13 Å². The molecule has 184 valence electrons. The van der Waals surface area contributed by atoms with Gasteiger partial charge in [-0.15, -0.1) is 33.3 Å². The lowest BCUT2D eigenvalue weighted by Gasteiger charge is -2.50. The van der Waals surface area contributed by atoms with Crippen molar-refractivity contribution in [3.63, 3.8) is 0 Å². The van der Waals surface area contributed by atoms with Gasteiger partial charge in [-0.25, -0.2) is 4.98 Å². The van der Waals surface area contributed by atoms with Gasteiger partial charge in [0.25, 0.3) is 5.91 Å². The van der Waals surface area contributed by atoms with Crippen LogP contribution in [-0.2, 0) is 14.4 Å². The summed E-state index contributed by atoms with van der Waals surface area (Å²) in [6.45, 7) is 0.983. The maximum absolute atomic E-state index is 13.2. The molecule has 3 aliphatic heterocycles. The predicted molar refractivity (Wildman–Crippen MR) is 138 cm³/mol. The van der Waals surface area contributed by atoms with Crippen LogP contribution in [0.3, 0.4) is 0 Å². The molecule has 0 spiro atoms. The van der Waals surface area contributed by atoms with Crippen molar-refractivity contribution in [2.75, 3.05) is 43.2 Å². The standard InChI is InChI=1S/C18H20N10O3S4/c1-31-25-11(10-7-34-17(19)22-10)14(29)21-4-9-15(30)28-12(13-23-26-27-24-13)8(5-33-16(9)28)6-35-18-20-2-3-32-18/h7,9,16H,2-6H2,1H3,(H2,19,22)(H,21,29)(H,23,24,26,27)/b25-11-/t9-,16-/m1/s1. The Morgan fingerprint density at radius 2 is 2.37 bits per heavy atom. The number of rotatable bonds is 8. The van der Waals surface area contributed by atoms with Crippen molar-refractivity contribution < 1.29 is 14.4 Å². The van der Waals surface area contributed by atoms with Gasteiger partial charge >= 0.3 is 0 Å². The van der Waals surface area contributed by atoms with Gasteiger partial charge in [-0.2, -0.15) is 5.21 Å². The molecular weight excluding hydrogens is 533 g/mol. The van der Waals surface area contributed by atoms with E-state index in [1.807, 2.05) is 0 Å². The first kappa shape index (κ1) is 24.1. The minimum absolute atomic E-state index is 0.000217. The van der Waals surface area contributed by atoms with Crippen LogP contribution in [0.2, 0.25) is 0 Å². The number of amides is 2. The summed E-state index contributed by atoms with van der Waals surface area (Å²) < 4.78 is 1.06. The van der Waals surface area contributed by atoms with Crippen LogP contribution in [0.15, 0.2) is 21.1 Å². The summed E-state index contributed by atoms with van der Waals surface area (Å²) in [5.74, 6) is 1.78. The number of tetrazole rings is 1. The van der Waals surface area contributed by atoms with Gasteiger partial charge in [0.1, 0.15) is 17.2 Å². The van der Waals surface area contributed by atoms with Crippen molar-refractivity contribution in [2.24, 2.45) is 16.1 Å². The molecule has 0 bridgehead atoms. The summed E-state index contributed by atoms with van der Waals surface area (Å²) >= 11 is 6.26. The van der Waals surface area contributed by atoms with Gasteiger partial charge in [0, 0.05) is 29.2 Å². The fourth-order valence-electron chi connectivity index (χ4n) is 3.73. The molecule has 0 aromatic carbocycles. The number of carbonyl (C=O) groups excluding carboxylic acids is 2. The van der Waals surface area contributed by atoms with Crippen molar-refractivity contribution in [1.29, 1.82) is 0 Å². The second-order valence-electron chi connectivity index (χ2n) is 7.39. The van der Waals surface area contributed by atoms with Gasteiger partial charge in [0.2, 0.25) is 11.7 Å². The molecule has 4 N–H and O–H groups in total. The van der Waals surface area contributed by atoms with Crippen LogP contribution in [0.25, 0.3) is 5.70 Å². The first-order valence-corrected chi connectivity index (χ1v) is 14.3. The predicted octanol–water partition coefficient (Wildman–Crippen LogP) is 0.484. The number of nitrogens with zero attached hydrogens (tertiary/aromatic N) is 7. The Hall–Kier alpha value is -2.63. The highest BCUT2D eigenvalue weighted by atomic mass is 32.2. The average Bonchev–Trinajstić information content (AvgIpc) is 3.64. The molecule has 0 radical (unpaired) electrons. The zero-order valence-corrected chi connectivity index (χ0v) is 21.6. The zero-order valence-electron chi connectivity index (χ0n) is 18.3. The van der Waals surface area contributed by atoms with E-state index in [0.717, 1.165) is 22.2 Å². The molecule has 2 atom stereocenters. The molecule has 0 unspecified atom stereocenters. The molecule has 2 aromatic heterocycles. The van der Waals surface area contributed by atoms with Crippen LogP contribution in [0.5, 0.6) is 0 Å². The normalized spacial score (nSPS) is 22.1. The molecule has 35 heavy (non-hydrogen) atoms. The number of nitrogens with one attached hydrogen (secondary N) is 2. The number of anilines is 1. The minimum atomic E-state index is -0.495. The summed E-state index contributed by atoms with van der Waals surface area (Å²) in [6.07, 6.45) is 0. The molecule has 3 aliphatic rings. The number of H-pyrrole nitrogens is 1. The number of oxime groups is 1.